The summed E-state index contributed by atoms with van der Waals surface area (Å²) >= 11 is 0. The summed E-state index contributed by atoms with van der Waals surface area (Å²) < 4.78 is 32.8. The first-order valence-corrected chi connectivity index (χ1v) is 10.0. The second kappa shape index (κ2) is 7.99. The quantitative estimate of drug-likeness (QED) is 0.859. The van der Waals surface area contributed by atoms with E-state index in [2.05, 4.69) is 33.9 Å². The molecule has 5 nitrogen and oxygen atoms in total. The van der Waals surface area contributed by atoms with Crippen molar-refractivity contribution in [3.8, 4) is 0 Å². The molecular weight excluding hydrogens is 336 g/mol. The van der Waals surface area contributed by atoms with Crippen LogP contribution in [-0.2, 0) is 21.2 Å². The monoisotopic (exact) mass is 360 g/mol. The van der Waals surface area contributed by atoms with Gasteiger partial charge in [0.05, 0.1) is 18.1 Å². The zero-order valence-electron chi connectivity index (χ0n) is 14.4. The van der Waals surface area contributed by atoms with E-state index in [4.69, 9.17) is 4.74 Å². The Morgan fingerprint density at radius 2 is 1.72 bits per heavy atom. The van der Waals surface area contributed by atoms with E-state index in [0.29, 0.717) is 17.9 Å². The lowest BCUT2D eigenvalue weighted by Crippen LogP contribution is -2.36. The topological polar surface area (TPSA) is 58.6 Å². The van der Waals surface area contributed by atoms with Gasteiger partial charge in [-0.3, -0.25) is 0 Å². The van der Waals surface area contributed by atoms with E-state index in [1.165, 1.54) is 5.69 Å². The van der Waals surface area contributed by atoms with Gasteiger partial charge in [-0.15, -0.1) is 0 Å². The van der Waals surface area contributed by atoms with E-state index in [0.717, 1.165) is 37.4 Å². The largest absolute Gasteiger partial charge is 0.378 e. The van der Waals surface area contributed by atoms with Crippen LogP contribution in [0.15, 0.2) is 53.4 Å². The van der Waals surface area contributed by atoms with Crippen molar-refractivity contribution in [3.05, 3.63) is 59.7 Å². The van der Waals surface area contributed by atoms with Gasteiger partial charge < -0.3 is 9.64 Å². The molecule has 25 heavy (non-hydrogen) atoms. The highest BCUT2D eigenvalue weighted by Crippen LogP contribution is 2.17. The SMILES string of the molecule is Cc1ccccc1S(=O)(=O)NCCc1ccc(N2CCOCC2)cc1. The average Bonchev–Trinajstić information content (AvgIpc) is 2.63. The first-order valence-electron chi connectivity index (χ1n) is 8.53. The molecule has 0 aromatic heterocycles. The highest BCUT2D eigenvalue weighted by atomic mass is 32.2. The molecule has 0 aliphatic carbocycles. The number of rotatable bonds is 6. The maximum absolute atomic E-state index is 12.4. The minimum atomic E-state index is -3.46. The first kappa shape index (κ1) is 17.9. The van der Waals surface area contributed by atoms with Crippen LogP contribution in [0.3, 0.4) is 0 Å². The van der Waals surface area contributed by atoms with Gasteiger partial charge in [0.1, 0.15) is 0 Å². The molecule has 1 aliphatic heterocycles. The van der Waals surface area contributed by atoms with Crippen molar-refractivity contribution < 1.29 is 13.2 Å². The Hall–Kier alpha value is -1.89. The number of hydrogen-bond acceptors (Lipinski definition) is 4. The smallest absolute Gasteiger partial charge is 0.240 e. The Morgan fingerprint density at radius 3 is 2.40 bits per heavy atom. The highest BCUT2D eigenvalue weighted by Gasteiger charge is 2.15. The van der Waals surface area contributed by atoms with Crippen molar-refractivity contribution in [1.29, 1.82) is 0 Å². The number of aryl methyl sites for hydroxylation is 1. The van der Waals surface area contributed by atoms with Crippen LogP contribution in [0.1, 0.15) is 11.1 Å². The molecule has 0 atom stereocenters. The van der Waals surface area contributed by atoms with Crippen molar-refractivity contribution in [2.45, 2.75) is 18.2 Å². The van der Waals surface area contributed by atoms with Gasteiger partial charge in [0, 0.05) is 25.3 Å². The van der Waals surface area contributed by atoms with E-state index in [1.54, 1.807) is 25.1 Å². The van der Waals surface area contributed by atoms with Crippen LogP contribution < -0.4 is 9.62 Å². The average molecular weight is 360 g/mol. The van der Waals surface area contributed by atoms with Crippen molar-refractivity contribution in [2.24, 2.45) is 0 Å². The van der Waals surface area contributed by atoms with Gasteiger partial charge in [0.15, 0.2) is 0 Å². The fraction of sp³-hybridized carbons (Fsp3) is 0.368. The standard InChI is InChI=1S/C19H24N2O3S/c1-16-4-2-3-5-19(16)25(22,23)20-11-10-17-6-8-18(9-7-17)21-12-14-24-15-13-21/h2-9,20H,10-15H2,1H3. The number of nitrogens with zero attached hydrogens (tertiary/aromatic N) is 1. The molecule has 0 spiro atoms. The summed E-state index contributed by atoms with van der Waals surface area (Å²) in [6, 6.07) is 15.3. The predicted molar refractivity (Wildman–Crippen MR) is 99.5 cm³/mol. The van der Waals surface area contributed by atoms with Gasteiger partial charge in [0.2, 0.25) is 10.0 Å². The van der Waals surface area contributed by atoms with E-state index in [9.17, 15) is 8.42 Å². The second-order valence-corrected chi connectivity index (χ2v) is 7.91. The zero-order chi connectivity index (χ0) is 17.7. The van der Waals surface area contributed by atoms with Gasteiger partial charge >= 0.3 is 0 Å². The molecule has 0 bridgehead atoms. The molecule has 1 heterocycles. The normalized spacial score (nSPS) is 15.3. The number of nitrogens with one attached hydrogen (secondary N) is 1. The Morgan fingerprint density at radius 1 is 1.04 bits per heavy atom. The summed E-state index contributed by atoms with van der Waals surface area (Å²) in [5.41, 5.74) is 3.06. The molecule has 2 aromatic rings. The number of morpholine rings is 1. The molecular formula is C19H24N2O3S. The molecule has 2 aromatic carbocycles. The summed E-state index contributed by atoms with van der Waals surface area (Å²) in [6.07, 6.45) is 0.661. The third-order valence-electron chi connectivity index (χ3n) is 4.40. The van der Waals surface area contributed by atoms with Crippen molar-refractivity contribution >= 4 is 15.7 Å². The predicted octanol–water partition coefficient (Wildman–Crippen LogP) is 2.35. The lowest BCUT2D eigenvalue weighted by atomic mass is 10.1. The van der Waals surface area contributed by atoms with Crippen LogP contribution in [0, 0.1) is 6.92 Å². The molecule has 0 saturated carbocycles. The van der Waals surface area contributed by atoms with Crippen LogP contribution >= 0.6 is 0 Å². The Balaban J connectivity index is 1.56. The molecule has 0 amide bonds. The molecule has 1 aliphatic rings. The molecule has 1 fully saturated rings. The van der Waals surface area contributed by atoms with Crippen molar-refractivity contribution in [3.63, 3.8) is 0 Å². The Bertz CT molecular complexity index is 798. The molecule has 1 N–H and O–H groups in total. The van der Waals surface area contributed by atoms with Crippen LogP contribution in [0.25, 0.3) is 0 Å². The van der Waals surface area contributed by atoms with Gasteiger partial charge in [-0.05, 0) is 42.7 Å². The Kier molecular flexibility index (Phi) is 5.73. The van der Waals surface area contributed by atoms with Crippen LogP contribution in [-0.4, -0.2) is 41.3 Å². The summed E-state index contributed by atoms with van der Waals surface area (Å²) in [6.45, 7) is 5.54. The molecule has 6 heteroatoms. The van der Waals surface area contributed by atoms with Crippen molar-refractivity contribution in [1.82, 2.24) is 4.72 Å². The first-order chi connectivity index (χ1) is 12.1. The second-order valence-electron chi connectivity index (χ2n) is 6.18. The van der Waals surface area contributed by atoms with E-state index < -0.39 is 10.0 Å². The number of hydrogen-bond donors (Lipinski definition) is 1. The fourth-order valence-corrected chi connectivity index (χ4v) is 4.24. The van der Waals surface area contributed by atoms with Gasteiger partial charge in [-0.2, -0.15) is 0 Å². The van der Waals surface area contributed by atoms with Gasteiger partial charge in [0.25, 0.3) is 0 Å². The maximum atomic E-state index is 12.4. The molecule has 0 unspecified atom stereocenters. The lowest BCUT2D eigenvalue weighted by molar-refractivity contribution is 0.122. The van der Waals surface area contributed by atoms with Crippen molar-refractivity contribution in [2.75, 3.05) is 37.7 Å². The third kappa shape index (κ3) is 4.60. The lowest BCUT2D eigenvalue weighted by Gasteiger charge is -2.28. The van der Waals surface area contributed by atoms with E-state index in [-0.39, 0.29) is 0 Å². The Labute approximate surface area is 149 Å². The highest BCUT2D eigenvalue weighted by molar-refractivity contribution is 7.89. The zero-order valence-corrected chi connectivity index (χ0v) is 15.3. The van der Waals surface area contributed by atoms with Crippen LogP contribution in [0.4, 0.5) is 5.69 Å². The number of anilines is 1. The summed E-state index contributed by atoms with van der Waals surface area (Å²) in [7, 11) is -3.46. The van der Waals surface area contributed by atoms with E-state index >= 15 is 0 Å². The van der Waals surface area contributed by atoms with Crippen LogP contribution in [0.2, 0.25) is 0 Å². The minimum absolute atomic E-state index is 0.345. The van der Waals surface area contributed by atoms with E-state index in [1.807, 2.05) is 6.07 Å². The third-order valence-corrected chi connectivity index (χ3v) is 6.02. The minimum Gasteiger partial charge on any atom is -0.378 e. The van der Waals surface area contributed by atoms with Crippen LogP contribution in [0.5, 0.6) is 0 Å². The molecule has 3 rings (SSSR count). The molecule has 0 radical (unpaired) electrons. The van der Waals surface area contributed by atoms with Gasteiger partial charge in [-0.1, -0.05) is 30.3 Å². The van der Waals surface area contributed by atoms with Gasteiger partial charge in [-0.25, -0.2) is 13.1 Å². The maximum Gasteiger partial charge on any atom is 0.240 e. The molecule has 134 valence electrons. The molecule has 1 saturated heterocycles. The summed E-state index contributed by atoms with van der Waals surface area (Å²) in [5.74, 6) is 0. The number of benzene rings is 2. The summed E-state index contributed by atoms with van der Waals surface area (Å²) in [5, 5.41) is 0. The fourth-order valence-electron chi connectivity index (χ4n) is 2.96. The number of ether oxygens (including phenoxy) is 1. The summed E-state index contributed by atoms with van der Waals surface area (Å²) in [4.78, 5) is 2.64. The number of sulfonamides is 1.